The van der Waals surface area contributed by atoms with E-state index in [1.54, 1.807) is 6.07 Å². The van der Waals surface area contributed by atoms with Gasteiger partial charge < -0.3 is 4.90 Å². The molecule has 28 heavy (non-hydrogen) atoms. The van der Waals surface area contributed by atoms with Gasteiger partial charge in [-0.05, 0) is 36.4 Å². The van der Waals surface area contributed by atoms with Crippen LogP contribution in [0.15, 0.2) is 53.4 Å². The number of rotatable bonds is 4. The third-order valence-electron chi connectivity index (χ3n) is 4.76. The molecule has 0 aromatic heterocycles. The summed E-state index contributed by atoms with van der Waals surface area (Å²) in [6.45, 7) is 2.42. The second-order valence-corrected chi connectivity index (χ2v) is 8.60. The highest BCUT2D eigenvalue weighted by atomic mass is 32.2. The van der Waals surface area contributed by atoms with E-state index >= 15 is 0 Å². The quantitative estimate of drug-likeness (QED) is 0.834. The largest absolute Gasteiger partial charge is 0.416 e. The fraction of sp³-hybridized carbons (Fsp3) is 0.316. The predicted octanol–water partition coefficient (Wildman–Crippen LogP) is 1.67. The van der Waals surface area contributed by atoms with Gasteiger partial charge in [-0.2, -0.15) is 22.7 Å². The third kappa shape index (κ3) is 4.52. The summed E-state index contributed by atoms with van der Waals surface area (Å²) < 4.78 is 64.7. The maximum Gasteiger partial charge on any atom is 0.416 e. The first-order chi connectivity index (χ1) is 13.2. The lowest BCUT2D eigenvalue weighted by atomic mass is 10.1. The number of halogens is 3. The first-order valence-electron chi connectivity index (χ1n) is 8.70. The number of quaternary nitrogens is 1. The van der Waals surface area contributed by atoms with E-state index in [1.165, 1.54) is 9.21 Å². The molecule has 1 aliphatic heterocycles. The lowest BCUT2D eigenvalue weighted by Gasteiger charge is -2.31. The molecule has 3 rings (SSSR count). The minimum Gasteiger partial charge on any atom is -0.329 e. The van der Waals surface area contributed by atoms with Gasteiger partial charge in [-0.3, -0.25) is 0 Å². The summed E-state index contributed by atoms with van der Waals surface area (Å²) in [6, 6.07) is 13.0. The van der Waals surface area contributed by atoms with Crippen molar-refractivity contribution in [2.45, 2.75) is 17.6 Å². The van der Waals surface area contributed by atoms with Gasteiger partial charge >= 0.3 is 6.18 Å². The van der Waals surface area contributed by atoms with Crippen molar-refractivity contribution in [2.75, 3.05) is 26.2 Å². The van der Waals surface area contributed by atoms with Crippen molar-refractivity contribution in [1.29, 1.82) is 5.26 Å². The molecule has 1 aliphatic rings. The first-order valence-corrected chi connectivity index (χ1v) is 10.1. The van der Waals surface area contributed by atoms with Crippen LogP contribution in [0.1, 0.15) is 16.7 Å². The van der Waals surface area contributed by atoms with Crippen LogP contribution in [0.25, 0.3) is 0 Å². The van der Waals surface area contributed by atoms with Gasteiger partial charge in [0.1, 0.15) is 6.54 Å². The zero-order chi connectivity index (χ0) is 20.4. The number of nitriles is 1. The zero-order valence-electron chi connectivity index (χ0n) is 14.9. The molecule has 1 saturated heterocycles. The van der Waals surface area contributed by atoms with Crippen molar-refractivity contribution in [3.8, 4) is 6.07 Å². The van der Waals surface area contributed by atoms with Crippen LogP contribution >= 0.6 is 0 Å². The van der Waals surface area contributed by atoms with Gasteiger partial charge in [0.2, 0.25) is 10.0 Å². The molecule has 1 N–H and O–H groups in total. The van der Waals surface area contributed by atoms with Crippen LogP contribution in [-0.2, 0) is 22.7 Å². The Morgan fingerprint density at radius 1 is 1.07 bits per heavy atom. The van der Waals surface area contributed by atoms with E-state index < -0.39 is 21.8 Å². The standard InChI is InChI=1S/C19H18F3N3O2S/c20-19(21,22)17-4-6-18(7-5-17)28(26,27)25-10-8-24(9-11-25)14-16-3-1-2-15(12-16)13-23/h1-7,12H,8-11,14H2/p+1. The van der Waals surface area contributed by atoms with Crippen LogP contribution in [0.4, 0.5) is 13.2 Å². The highest BCUT2D eigenvalue weighted by Crippen LogP contribution is 2.30. The van der Waals surface area contributed by atoms with E-state index in [0.717, 1.165) is 29.8 Å². The topological polar surface area (TPSA) is 65.6 Å². The number of nitrogens with zero attached hydrogens (tertiary/aromatic N) is 2. The predicted molar refractivity (Wildman–Crippen MR) is 95.8 cm³/mol. The van der Waals surface area contributed by atoms with Crippen molar-refractivity contribution >= 4 is 10.0 Å². The Bertz CT molecular complexity index is 975. The first kappa shape index (κ1) is 20.3. The number of piperazine rings is 1. The van der Waals surface area contributed by atoms with Gasteiger partial charge in [0, 0.05) is 5.56 Å². The number of alkyl halides is 3. The van der Waals surface area contributed by atoms with Crippen molar-refractivity contribution in [3.63, 3.8) is 0 Å². The molecule has 1 heterocycles. The average molecular weight is 410 g/mol. The number of hydrogen-bond donors (Lipinski definition) is 1. The summed E-state index contributed by atoms with van der Waals surface area (Å²) in [7, 11) is -3.82. The maximum atomic E-state index is 12.7. The normalized spacial score (nSPS) is 16.6. The Hall–Kier alpha value is -2.41. The minimum atomic E-state index is -4.50. The third-order valence-corrected chi connectivity index (χ3v) is 6.67. The SMILES string of the molecule is N#Cc1cccc(C[NH+]2CCN(S(=O)(=O)c3ccc(C(F)(F)F)cc3)CC2)c1. The van der Waals surface area contributed by atoms with E-state index in [-0.39, 0.29) is 18.0 Å². The Kier molecular flexibility index (Phi) is 5.74. The van der Waals surface area contributed by atoms with E-state index in [0.29, 0.717) is 25.2 Å². The minimum absolute atomic E-state index is 0.134. The van der Waals surface area contributed by atoms with E-state index in [1.807, 2.05) is 18.2 Å². The molecule has 0 aliphatic carbocycles. The van der Waals surface area contributed by atoms with Crippen molar-refractivity contribution in [1.82, 2.24) is 4.31 Å². The number of sulfonamides is 1. The molecule has 0 radical (unpaired) electrons. The van der Waals surface area contributed by atoms with Gasteiger partial charge in [0.05, 0.1) is 48.3 Å². The second kappa shape index (κ2) is 7.91. The number of hydrogen-bond acceptors (Lipinski definition) is 3. The average Bonchev–Trinajstić information content (AvgIpc) is 2.68. The van der Waals surface area contributed by atoms with E-state index in [9.17, 15) is 21.6 Å². The van der Waals surface area contributed by atoms with E-state index in [2.05, 4.69) is 6.07 Å². The molecule has 0 amide bonds. The van der Waals surface area contributed by atoms with Crippen molar-refractivity contribution < 1.29 is 26.5 Å². The number of benzene rings is 2. The lowest BCUT2D eigenvalue weighted by molar-refractivity contribution is -0.917. The summed E-state index contributed by atoms with van der Waals surface area (Å²) in [5, 5.41) is 8.97. The summed E-state index contributed by atoms with van der Waals surface area (Å²) >= 11 is 0. The molecule has 0 spiro atoms. The molecular weight excluding hydrogens is 391 g/mol. The van der Waals surface area contributed by atoms with Gasteiger partial charge in [-0.25, -0.2) is 8.42 Å². The summed E-state index contributed by atoms with van der Waals surface area (Å²) in [6.07, 6.45) is -4.50. The summed E-state index contributed by atoms with van der Waals surface area (Å²) in [5.74, 6) is 0. The Labute approximate surface area is 161 Å². The highest BCUT2D eigenvalue weighted by molar-refractivity contribution is 7.89. The van der Waals surface area contributed by atoms with Gasteiger partial charge in [0.25, 0.3) is 0 Å². The lowest BCUT2D eigenvalue weighted by Crippen LogP contribution is -3.13. The molecule has 0 atom stereocenters. The molecule has 0 bridgehead atoms. The molecule has 2 aromatic carbocycles. The smallest absolute Gasteiger partial charge is 0.329 e. The van der Waals surface area contributed by atoms with Crippen LogP contribution in [0.2, 0.25) is 0 Å². The fourth-order valence-corrected chi connectivity index (χ4v) is 4.67. The molecule has 148 valence electrons. The zero-order valence-corrected chi connectivity index (χ0v) is 15.7. The maximum absolute atomic E-state index is 12.7. The molecule has 1 fully saturated rings. The van der Waals surface area contributed by atoms with Crippen LogP contribution in [0.3, 0.4) is 0 Å². The molecule has 0 saturated carbocycles. The number of nitrogens with one attached hydrogen (secondary N) is 1. The molecular formula is C19H19F3N3O2S+. The molecule has 0 unspecified atom stereocenters. The van der Waals surface area contributed by atoms with Crippen molar-refractivity contribution in [2.24, 2.45) is 0 Å². The van der Waals surface area contributed by atoms with Crippen LogP contribution < -0.4 is 4.90 Å². The Balaban J connectivity index is 1.64. The van der Waals surface area contributed by atoms with Gasteiger partial charge in [0.15, 0.2) is 0 Å². The summed E-state index contributed by atoms with van der Waals surface area (Å²) in [4.78, 5) is 1.06. The van der Waals surface area contributed by atoms with E-state index in [4.69, 9.17) is 5.26 Å². The Morgan fingerprint density at radius 2 is 1.71 bits per heavy atom. The van der Waals surface area contributed by atoms with Gasteiger partial charge in [-0.15, -0.1) is 0 Å². The van der Waals surface area contributed by atoms with Crippen LogP contribution in [0, 0.1) is 11.3 Å². The van der Waals surface area contributed by atoms with Crippen LogP contribution in [-0.4, -0.2) is 38.9 Å². The molecule has 5 nitrogen and oxygen atoms in total. The molecule has 2 aromatic rings. The highest BCUT2D eigenvalue weighted by Gasteiger charge is 2.33. The Morgan fingerprint density at radius 3 is 2.29 bits per heavy atom. The summed E-state index contributed by atoms with van der Waals surface area (Å²) in [5.41, 5.74) is 0.717. The van der Waals surface area contributed by atoms with Crippen molar-refractivity contribution in [3.05, 3.63) is 65.2 Å². The monoisotopic (exact) mass is 410 g/mol. The second-order valence-electron chi connectivity index (χ2n) is 6.67. The fourth-order valence-electron chi connectivity index (χ4n) is 3.22. The van der Waals surface area contributed by atoms with Crippen LogP contribution in [0.5, 0.6) is 0 Å². The molecule has 9 heteroatoms. The van der Waals surface area contributed by atoms with Gasteiger partial charge in [-0.1, -0.05) is 12.1 Å².